The number of carbonyl (C=O) groups is 2. The van der Waals surface area contributed by atoms with Gasteiger partial charge in [0.05, 0.1) is 31.0 Å². The van der Waals surface area contributed by atoms with Crippen molar-refractivity contribution in [3.8, 4) is 5.75 Å². The van der Waals surface area contributed by atoms with Gasteiger partial charge < -0.3 is 14.6 Å². The molecule has 0 aliphatic rings. The molecule has 1 N–H and O–H groups in total. The quantitative estimate of drug-likeness (QED) is 0.636. The van der Waals surface area contributed by atoms with E-state index < -0.39 is 11.9 Å². The lowest BCUT2D eigenvalue weighted by atomic mass is 10.1. The molecule has 7 heteroatoms. The van der Waals surface area contributed by atoms with Crippen LogP contribution in [-0.2, 0) is 9.47 Å². The first kappa shape index (κ1) is 17.7. The summed E-state index contributed by atoms with van der Waals surface area (Å²) >= 11 is 3.31. The van der Waals surface area contributed by atoms with Crippen LogP contribution in [0.1, 0.15) is 26.3 Å². The summed E-state index contributed by atoms with van der Waals surface area (Å²) in [6.07, 6.45) is 1.43. The Morgan fingerprint density at radius 2 is 1.62 bits per heavy atom. The first-order chi connectivity index (χ1) is 11.4. The fourth-order valence-corrected chi connectivity index (χ4v) is 2.31. The maximum absolute atomic E-state index is 11.7. The number of esters is 2. The first-order valence-electron chi connectivity index (χ1n) is 6.79. The van der Waals surface area contributed by atoms with Gasteiger partial charge in [0.1, 0.15) is 5.75 Å². The van der Waals surface area contributed by atoms with Crippen LogP contribution in [0.25, 0.3) is 0 Å². The number of methoxy groups -OCH3 is 2. The minimum absolute atomic E-state index is 0.0549. The van der Waals surface area contributed by atoms with Gasteiger partial charge in [0.25, 0.3) is 0 Å². The highest BCUT2D eigenvalue weighted by Gasteiger charge is 2.13. The summed E-state index contributed by atoms with van der Waals surface area (Å²) in [5.74, 6) is -1.13. The van der Waals surface area contributed by atoms with Crippen molar-refractivity contribution in [2.75, 3.05) is 14.2 Å². The molecule has 0 spiro atoms. The monoisotopic (exact) mass is 391 g/mol. The second kappa shape index (κ2) is 7.74. The van der Waals surface area contributed by atoms with Gasteiger partial charge in [-0.25, -0.2) is 9.59 Å². The van der Waals surface area contributed by atoms with E-state index in [9.17, 15) is 14.7 Å². The molecule has 0 amide bonds. The van der Waals surface area contributed by atoms with Crippen molar-refractivity contribution >= 4 is 39.8 Å². The number of aromatic hydroxyl groups is 1. The number of hydrogen-bond donors (Lipinski definition) is 1. The number of hydrogen-bond acceptors (Lipinski definition) is 6. The average Bonchev–Trinajstić information content (AvgIpc) is 2.60. The van der Waals surface area contributed by atoms with Crippen LogP contribution in [0.5, 0.6) is 5.75 Å². The molecule has 0 unspecified atom stereocenters. The van der Waals surface area contributed by atoms with Gasteiger partial charge in [-0.15, -0.1) is 0 Å². The molecular weight excluding hydrogens is 378 g/mol. The molecule has 2 rings (SSSR count). The molecule has 0 fully saturated rings. The fraction of sp³-hybridized carbons (Fsp3) is 0.118. The highest BCUT2D eigenvalue weighted by atomic mass is 79.9. The molecule has 24 heavy (non-hydrogen) atoms. The molecule has 0 aliphatic carbocycles. The Kier molecular flexibility index (Phi) is 5.70. The van der Waals surface area contributed by atoms with Crippen LogP contribution in [0, 0.1) is 0 Å². The number of rotatable bonds is 4. The van der Waals surface area contributed by atoms with Crippen molar-refractivity contribution in [2.24, 2.45) is 4.99 Å². The summed E-state index contributed by atoms with van der Waals surface area (Å²) in [6.45, 7) is 0. The Bertz CT molecular complexity index is 782. The number of halogens is 1. The molecule has 2 aromatic rings. The number of ether oxygens (including phenoxy) is 2. The lowest BCUT2D eigenvalue weighted by Crippen LogP contribution is -2.06. The van der Waals surface area contributed by atoms with Crippen molar-refractivity contribution in [1.82, 2.24) is 0 Å². The van der Waals surface area contributed by atoms with Gasteiger partial charge in [-0.1, -0.05) is 15.9 Å². The Labute approximate surface area is 146 Å². The van der Waals surface area contributed by atoms with Crippen LogP contribution < -0.4 is 0 Å². The number of carbonyl (C=O) groups excluding carboxylic acids is 2. The fourth-order valence-electron chi connectivity index (χ4n) is 1.93. The van der Waals surface area contributed by atoms with E-state index in [1.54, 1.807) is 12.1 Å². The molecular formula is C17H14BrNO5. The summed E-state index contributed by atoms with van der Waals surface area (Å²) in [7, 11) is 2.49. The van der Waals surface area contributed by atoms with E-state index in [-0.39, 0.29) is 16.9 Å². The molecule has 0 bridgehead atoms. The Hall–Kier alpha value is -2.67. The van der Waals surface area contributed by atoms with Crippen molar-refractivity contribution < 1.29 is 24.2 Å². The van der Waals surface area contributed by atoms with Crippen LogP contribution in [0.3, 0.4) is 0 Å². The lowest BCUT2D eigenvalue weighted by Gasteiger charge is -2.05. The summed E-state index contributed by atoms with van der Waals surface area (Å²) in [5.41, 5.74) is 1.17. The largest absolute Gasteiger partial charge is 0.507 e. The Morgan fingerprint density at radius 1 is 1.04 bits per heavy atom. The highest BCUT2D eigenvalue weighted by Crippen LogP contribution is 2.23. The van der Waals surface area contributed by atoms with E-state index in [0.29, 0.717) is 11.3 Å². The predicted molar refractivity (Wildman–Crippen MR) is 92.2 cm³/mol. The number of nitrogens with zero attached hydrogens (tertiary/aromatic N) is 1. The number of phenolic OH excluding ortho intramolecular Hbond substituents is 1. The maximum atomic E-state index is 11.7. The van der Waals surface area contributed by atoms with E-state index in [4.69, 9.17) is 0 Å². The Morgan fingerprint density at radius 3 is 2.17 bits per heavy atom. The van der Waals surface area contributed by atoms with E-state index in [0.717, 1.165) is 4.47 Å². The molecule has 6 nitrogen and oxygen atoms in total. The van der Waals surface area contributed by atoms with Crippen LogP contribution in [-0.4, -0.2) is 37.5 Å². The zero-order valence-electron chi connectivity index (χ0n) is 12.9. The Balaban J connectivity index is 2.45. The topological polar surface area (TPSA) is 85.2 Å². The minimum atomic E-state index is -0.595. The van der Waals surface area contributed by atoms with Crippen LogP contribution >= 0.6 is 15.9 Å². The second-order valence-electron chi connectivity index (χ2n) is 4.71. The third-order valence-electron chi connectivity index (χ3n) is 3.10. The third kappa shape index (κ3) is 4.20. The van der Waals surface area contributed by atoms with Crippen molar-refractivity contribution in [1.29, 1.82) is 0 Å². The van der Waals surface area contributed by atoms with E-state index in [1.165, 1.54) is 44.7 Å². The summed E-state index contributed by atoms with van der Waals surface area (Å²) in [6, 6.07) is 9.22. The normalized spacial score (nSPS) is 10.6. The summed E-state index contributed by atoms with van der Waals surface area (Å²) < 4.78 is 10.1. The van der Waals surface area contributed by atoms with Gasteiger partial charge in [0.15, 0.2) is 0 Å². The van der Waals surface area contributed by atoms with Crippen LogP contribution in [0.15, 0.2) is 45.9 Å². The SMILES string of the molecule is COC(=O)c1cc(N=Cc2cc(Br)ccc2O)cc(C(=O)OC)c1. The molecule has 0 aliphatic heterocycles. The molecule has 0 heterocycles. The zero-order chi connectivity index (χ0) is 17.7. The van der Waals surface area contributed by atoms with Gasteiger partial charge in [-0.3, -0.25) is 4.99 Å². The van der Waals surface area contributed by atoms with E-state index in [1.807, 2.05) is 0 Å². The van der Waals surface area contributed by atoms with Gasteiger partial charge >= 0.3 is 11.9 Å². The smallest absolute Gasteiger partial charge is 0.337 e. The second-order valence-corrected chi connectivity index (χ2v) is 5.63. The van der Waals surface area contributed by atoms with Gasteiger partial charge in [0, 0.05) is 16.3 Å². The molecule has 0 atom stereocenters. The number of aliphatic imine (C=N–C) groups is 1. The maximum Gasteiger partial charge on any atom is 0.337 e. The van der Waals surface area contributed by atoms with E-state index in [2.05, 4.69) is 30.4 Å². The first-order valence-corrected chi connectivity index (χ1v) is 7.58. The molecule has 0 radical (unpaired) electrons. The van der Waals surface area contributed by atoms with Crippen LogP contribution in [0.4, 0.5) is 5.69 Å². The summed E-state index contributed by atoms with van der Waals surface area (Å²) in [5, 5.41) is 9.81. The summed E-state index contributed by atoms with van der Waals surface area (Å²) in [4.78, 5) is 27.7. The van der Waals surface area contributed by atoms with Crippen molar-refractivity contribution in [3.63, 3.8) is 0 Å². The predicted octanol–water partition coefficient (Wildman–Crippen LogP) is 3.48. The lowest BCUT2D eigenvalue weighted by molar-refractivity contribution is 0.0599. The van der Waals surface area contributed by atoms with Gasteiger partial charge in [-0.05, 0) is 36.4 Å². The van der Waals surface area contributed by atoms with Gasteiger partial charge in [0.2, 0.25) is 0 Å². The number of benzene rings is 2. The average molecular weight is 392 g/mol. The third-order valence-corrected chi connectivity index (χ3v) is 3.60. The van der Waals surface area contributed by atoms with Gasteiger partial charge in [-0.2, -0.15) is 0 Å². The molecule has 0 aromatic heterocycles. The zero-order valence-corrected chi connectivity index (χ0v) is 14.5. The molecule has 0 saturated carbocycles. The number of phenols is 1. The molecule has 0 saturated heterocycles. The van der Waals surface area contributed by atoms with Crippen molar-refractivity contribution in [2.45, 2.75) is 0 Å². The molecule has 2 aromatic carbocycles. The van der Waals surface area contributed by atoms with Crippen molar-refractivity contribution in [3.05, 3.63) is 57.6 Å². The van der Waals surface area contributed by atoms with Crippen LogP contribution in [0.2, 0.25) is 0 Å². The standard InChI is InChI=1S/C17H14BrNO5/c1-23-16(21)10-5-11(17(22)24-2)8-14(7-10)19-9-12-6-13(18)3-4-15(12)20/h3-9,20H,1-2H3. The molecule has 124 valence electrons. The minimum Gasteiger partial charge on any atom is -0.507 e. The van der Waals surface area contributed by atoms with E-state index >= 15 is 0 Å². The highest BCUT2D eigenvalue weighted by molar-refractivity contribution is 9.10.